The highest BCUT2D eigenvalue weighted by Crippen LogP contribution is 2.23. The summed E-state index contributed by atoms with van der Waals surface area (Å²) in [5.74, 6) is -0.153. The number of nitrogens with zero attached hydrogens (tertiary/aromatic N) is 3. The predicted molar refractivity (Wildman–Crippen MR) is 100 cm³/mol. The molecule has 1 N–H and O–H groups in total. The molecule has 0 saturated heterocycles. The fourth-order valence-electron chi connectivity index (χ4n) is 2.66. The number of hydrogen-bond acceptors (Lipinski definition) is 4. The first-order chi connectivity index (χ1) is 13.1. The van der Waals surface area contributed by atoms with Crippen molar-refractivity contribution in [3.8, 4) is 17.1 Å². The van der Waals surface area contributed by atoms with E-state index in [2.05, 4.69) is 15.4 Å². The van der Waals surface area contributed by atoms with Gasteiger partial charge in [-0.1, -0.05) is 18.2 Å². The second-order valence-electron chi connectivity index (χ2n) is 6.07. The van der Waals surface area contributed by atoms with Gasteiger partial charge in [0.1, 0.15) is 5.82 Å². The second kappa shape index (κ2) is 8.55. The number of aromatic nitrogens is 3. The molecule has 3 rings (SSSR count). The van der Waals surface area contributed by atoms with Crippen LogP contribution in [0.1, 0.15) is 22.6 Å². The molecule has 6 nitrogen and oxygen atoms in total. The Kier molecular flexibility index (Phi) is 5.93. The Morgan fingerprint density at radius 1 is 1.19 bits per heavy atom. The van der Waals surface area contributed by atoms with Crippen LogP contribution in [-0.2, 0) is 4.74 Å². The number of carbonyl (C=O) groups is 1. The molecule has 7 heteroatoms. The van der Waals surface area contributed by atoms with Crippen molar-refractivity contribution in [3.63, 3.8) is 0 Å². The first-order valence-corrected chi connectivity index (χ1v) is 8.66. The van der Waals surface area contributed by atoms with Gasteiger partial charge in [0.2, 0.25) is 5.82 Å². The van der Waals surface area contributed by atoms with E-state index in [4.69, 9.17) is 4.74 Å². The number of amides is 1. The lowest BCUT2D eigenvalue weighted by atomic mass is 10.1. The Bertz CT molecular complexity index is 922. The monoisotopic (exact) mass is 368 g/mol. The number of methoxy groups -OCH3 is 1. The molecule has 0 aliphatic rings. The quantitative estimate of drug-likeness (QED) is 0.651. The molecule has 2 aromatic carbocycles. The first-order valence-electron chi connectivity index (χ1n) is 8.66. The van der Waals surface area contributed by atoms with Crippen molar-refractivity contribution in [1.29, 1.82) is 0 Å². The van der Waals surface area contributed by atoms with Crippen molar-refractivity contribution < 1.29 is 13.9 Å². The van der Waals surface area contributed by atoms with Crippen LogP contribution in [0.3, 0.4) is 0 Å². The van der Waals surface area contributed by atoms with Crippen molar-refractivity contribution >= 4 is 5.91 Å². The van der Waals surface area contributed by atoms with Crippen molar-refractivity contribution in [2.75, 3.05) is 20.3 Å². The molecule has 0 unspecified atom stereocenters. The van der Waals surface area contributed by atoms with E-state index >= 15 is 0 Å². The van der Waals surface area contributed by atoms with Gasteiger partial charge < -0.3 is 10.1 Å². The molecule has 0 spiro atoms. The molecule has 1 aromatic heterocycles. The average molecular weight is 368 g/mol. The van der Waals surface area contributed by atoms with Gasteiger partial charge in [0, 0.05) is 25.8 Å². The molecule has 0 saturated carbocycles. The molecular weight excluding hydrogens is 347 g/mol. The lowest BCUT2D eigenvalue weighted by molar-refractivity contribution is 0.0938. The molecule has 3 aromatic rings. The highest BCUT2D eigenvalue weighted by atomic mass is 19.1. The summed E-state index contributed by atoms with van der Waals surface area (Å²) in [6.45, 7) is 2.99. The maximum atomic E-state index is 13.3. The van der Waals surface area contributed by atoms with Crippen LogP contribution in [-0.4, -0.2) is 40.9 Å². The van der Waals surface area contributed by atoms with E-state index in [1.54, 1.807) is 23.9 Å². The van der Waals surface area contributed by atoms with Gasteiger partial charge in [-0.25, -0.2) is 14.1 Å². The van der Waals surface area contributed by atoms with Crippen molar-refractivity contribution in [1.82, 2.24) is 20.1 Å². The number of hydrogen-bond donors (Lipinski definition) is 1. The van der Waals surface area contributed by atoms with Crippen LogP contribution in [0.15, 0.2) is 48.5 Å². The van der Waals surface area contributed by atoms with Gasteiger partial charge in [-0.15, -0.1) is 5.10 Å². The molecule has 0 radical (unpaired) electrons. The molecular formula is C20H21FN4O2. The van der Waals surface area contributed by atoms with E-state index in [0.29, 0.717) is 31.0 Å². The minimum atomic E-state index is -0.359. The van der Waals surface area contributed by atoms with Crippen LogP contribution in [0.4, 0.5) is 4.39 Å². The second-order valence-corrected chi connectivity index (χ2v) is 6.07. The van der Waals surface area contributed by atoms with Gasteiger partial charge in [-0.3, -0.25) is 4.79 Å². The topological polar surface area (TPSA) is 69.0 Å². The zero-order chi connectivity index (χ0) is 19.2. The molecule has 0 bridgehead atoms. The Hall–Kier alpha value is -3.06. The average Bonchev–Trinajstić information content (AvgIpc) is 3.11. The van der Waals surface area contributed by atoms with E-state index < -0.39 is 0 Å². The van der Waals surface area contributed by atoms with Crippen molar-refractivity contribution in [3.05, 3.63) is 65.7 Å². The van der Waals surface area contributed by atoms with E-state index in [0.717, 1.165) is 11.3 Å². The van der Waals surface area contributed by atoms with Crippen molar-refractivity contribution in [2.24, 2.45) is 0 Å². The van der Waals surface area contributed by atoms with E-state index in [1.165, 1.54) is 12.1 Å². The van der Waals surface area contributed by atoms with Crippen LogP contribution in [0.25, 0.3) is 17.1 Å². The predicted octanol–water partition coefficient (Wildman–Crippen LogP) is 3.15. The van der Waals surface area contributed by atoms with Gasteiger partial charge in [0.15, 0.2) is 5.82 Å². The number of benzene rings is 2. The standard InChI is InChI=1S/C20H21FN4O2/c1-14-6-3-4-7-17(14)25-19(15-8-10-16(21)11-9-15)23-18(24-25)20(26)22-12-5-13-27-2/h3-4,6-11H,5,12-13H2,1-2H3,(H,22,26). The fourth-order valence-corrected chi connectivity index (χ4v) is 2.66. The van der Waals surface area contributed by atoms with E-state index in [9.17, 15) is 9.18 Å². The maximum absolute atomic E-state index is 13.3. The Morgan fingerprint density at radius 2 is 1.93 bits per heavy atom. The minimum Gasteiger partial charge on any atom is -0.385 e. The molecule has 27 heavy (non-hydrogen) atoms. The third-order valence-electron chi connectivity index (χ3n) is 4.07. The zero-order valence-corrected chi connectivity index (χ0v) is 15.3. The zero-order valence-electron chi connectivity index (χ0n) is 15.3. The van der Waals surface area contributed by atoms with Crippen LogP contribution in [0.2, 0.25) is 0 Å². The summed E-state index contributed by atoms with van der Waals surface area (Å²) in [7, 11) is 1.61. The molecule has 1 heterocycles. The molecule has 0 aliphatic heterocycles. The smallest absolute Gasteiger partial charge is 0.290 e. The summed E-state index contributed by atoms with van der Waals surface area (Å²) < 4.78 is 19.9. The number of rotatable bonds is 7. The summed E-state index contributed by atoms with van der Waals surface area (Å²) in [5.41, 5.74) is 2.46. The first kappa shape index (κ1) is 18.7. The SMILES string of the molecule is COCCCNC(=O)c1nc(-c2ccc(F)cc2)n(-c2ccccc2C)n1. The molecule has 0 fully saturated rings. The highest BCUT2D eigenvalue weighted by Gasteiger charge is 2.19. The maximum Gasteiger partial charge on any atom is 0.290 e. The lowest BCUT2D eigenvalue weighted by Crippen LogP contribution is -2.26. The normalized spacial score (nSPS) is 10.8. The number of halogens is 1. The van der Waals surface area contributed by atoms with Gasteiger partial charge >= 0.3 is 0 Å². The van der Waals surface area contributed by atoms with Crippen LogP contribution in [0.5, 0.6) is 0 Å². The highest BCUT2D eigenvalue weighted by molar-refractivity contribution is 5.91. The van der Waals surface area contributed by atoms with Crippen LogP contribution >= 0.6 is 0 Å². The lowest BCUT2D eigenvalue weighted by Gasteiger charge is -2.08. The number of para-hydroxylation sites is 1. The number of nitrogens with one attached hydrogen (secondary N) is 1. The van der Waals surface area contributed by atoms with Gasteiger partial charge in [0.25, 0.3) is 5.91 Å². The molecule has 140 valence electrons. The molecule has 1 amide bonds. The third kappa shape index (κ3) is 4.38. The Morgan fingerprint density at radius 3 is 2.63 bits per heavy atom. The minimum absolute atomic E-state index is 0.0648. The third-order valence-corrected chi connectivity index (χ3v) is 4.07. The van der Waals surface area contributed by atoms with Crippen LogP contribution < -0.4 is 5.32 Å². The summed E-state index contributed by atoms with van der Waals surface area (Å²) in [4.78, 5) is 16.8. The van der Waals surface area contributed by atoms with Crippen molar-refractivity contribution in [2.45, 2.75) is 13.3 Å². The summed E-state index contributed by atoms with van der Waals surface area (Å²) in [6, 6.07) is 13.6. The number of ether oxygens (including phenoxy) is 1. The largest absolute Gasteiger partial charge is 0.385 e. The summed E-state index contributed by atoms with van der Waals surface area (Å²) in [6.07, 6.45) is 0.700. The molecule has 0 aliphatic carbocycles. The van der Waals surface area contributed by atoms with Gasteiger partial charge in [-0.2, -0.15) is 0 Å². The number of aryl methyl sites for hydroxylation is 1. The summed E-state index contributed by atoms with van der Waals surface area (Å²) >= 11 is 0. The van der Waals surface area contributed by atoms with E-state index in [1.807, 2.05) is 31.2 Å². The van der Waals surface area contributed by atoms with Gasteiger partial charge in [-0.05, 0) is 49.2 Å². The Labute approximate surface area is 157 Å². The summed E-state index contributed by atoms with van der Waals surface area (Å²) in [5, 5.41) is 7.19. The van der Waals surface area contributed by atoms with Gasteiger partial charge in [0.05, 0.1) is 5.69 Å². The Balaban J connectivity index is 1.98. The van der Waals surface area contributed by atoms with Crippen LogP contribution in [0, 0.1) is 12.7 Å². The van der Waals surface area contributed by atoms with E-state index in [-0.39, 0.29) is 17.5 Å². The number of carbonyl (C=O) groups excluding carboxylic acids is 1. The fraction of sp³-hybridized carbons (Fsp3) is 0.250. The molecule has 0 atom stereocenters.